The van der Waals surface area contributed by atoms with Crippen molar-refractivity contribution >= 4 is 11.6 Å². The van der Waals surface area contributed by atoms with Crippen LogP contribution < -0.4 is 4.74 Å². The van der Waals surface area contributed by atoms with Gasteiger partial charge in [0.1, 0.15) is 11.9 Å². The zero-order valence-electron chi connectivity index (χ0n) is 7.70. The van der Waals surface area contributed by atoms with E-state index in [1.807, 2.05) is 12.1 Å². The van der Waals surface area contributed by atoms with E-state index in [-0.39, 0.29) is 6.10 Å². The Labute approximate surface area is 83.1 Å². The van der Waals surface area contributed by atoms with Gasteiger partial charge in [-0.2, -0.15) is 0 Å². The summed E-state index contributed by atoms with van der Waals surface area (Å²) in [4.78, 5) is 0. The lowest BCUT2D eigenvalue weighted by Gasteiger charge is -2.17. The van der Waals surface area contributed by atoms with Crippen LogP contribution in [-0.4, -0.2) is 17.3 Å². The van der Waals surface area contributed by atoms with Crippen molar-refractivity contribution in [3.63, 3.8) is 0 Å². The van der Waals surface area contributed by atoms with E-state index < -0.39 is 6.10 Å². The first-order valence-electron chi connectivity index (χ1n) is 4.20. The van der Waals surface area contributed by atoms with Crippen molar-refractivity contribution < 1.29 is 9.84 Å². The molecule has 1 aromatic carbocycles. The van der Waals surface area contributed by atoms with Crippen LogP contribution in [0.5, 0.6) is 5.75 Å². The van der Waals surface area contributed by atoms with E-state index in [4.69, 9.17) is 16.3 Å². The van der Waals surface area contributed by atoms with Crippen LogP contribution in [0.4, 0.5) is 0 Å². The molecule has 2 nitrogen and oxygen atoms in total. The summed E-state index contributed by atoms with van der Waals surface area (Å²) in [6, 6.07) is 7.21. The standard InChI is InChI=1S/C10H13ClO2/c1-7(12)8(2)13-10-6-4-3-5-9(10)11/h3-8,12H,1-2H3. The van der Waals surface area contributed by atoms with E-state index in [2.05, 4.69) is 0 Å². The van der Waals surface area contributed by atoms with Crippen LogP contribution >= 0.6 is 11.6 Å². The van der Waals surface area contributed by atoms with E-state index in [1.54, 1.807) is 26.0 Å². The fourth-order valence-corrected chi connectivity index (χ4v) is 1.02. The van der Waals surface area contributed by atoms with Gasteiger partial charge < -0.3 is 9.84 Å². The maximum Gasteiger partial charge on any atom is 0.138 e. The number of hydrogen-bond donors (Lipinski definition) is 1. The molecule has 1 aromatic rings. The molecule has 0 fully saturated rings. The summed E-state index contributed by atoms with van der Waals surface area (Å²) in [6.45, 7) is 3.48. The van der Waals surface area contributed by atoms with Gasteiger partial charge in [-0.25, -0.2) is 0 Å². The van der Waals surface area contributed by atoms with Crippen LogP contribution in [0, 0.1) is 0 Å². The highest BCUT2D eigenvalue weighted by Crippen LogP contribution is 2.24. The van der Waals surface area contributed by atoms with E-state index in [9.17, 15) is 5.11 Å². The van der Waals surface area contributed by atoms with Crippen molar-refractivity contribution in [1.29, 1.82) is 0 Å². The molecule has 2 atom stereocenters. The molecule has 0 amide bonds. The number of rotatable bonds is 3. The molecule has 0 radical (unpaired) electrons. The molecule has 0 aromatic heterocycles. The number of para-hydroxylation sites is 1. The van der Waals surface area contributed by atoms with Crippen molar-refractivity contribution in [2.75, 3.05) is 0 Å². The third kappa shape index (κ3) is 2.90. The summed E-state index contributed by atoms with van der Waals surface area (Å²) in [6.07, 6.45) is -0.754. The molecule has 1 rings (SSSR count). The molecular formula is C10H13ClO2. The monoisotopic (exact) mass is 200 g/mol. The van der Waals surface area contributed by atoms with Crippen LogP contribution in [0.3, 0.4) is 0 Å². The molecule has 3 heteroatoms. The molecule has 0 heterocycles. The SMILES string of the molecule is CC(O)C(C)Oc1ccccc1Cl. The normalized spacial score (nSPS) is 15.1. The third-order valence-corrected chi connectivity index (χ3v) is 2.14. The number of ether oxygens (including phenoxy) is 1. The Hall–Kier alpha value is -0.730. The lowest BCUT2D eigenvalue weighted by Crippen LogP contribution is -2.25. The van der Waals surface area contributed by atoms with Crippen molar-refractivity contribution in [3.8, 4) is 5.75 Å². The Balaban J connectivity index is 2.69. The minimum absolute atomic E-state index is 0.250. The Kier molecular flexibility index (Phi) is 3.58. The Morgan fingerprint density at radius 1 is 1.31 bits per heavy atom. The predicted molar refractivity (Wildman–Crippen MR) is 53.2 cm³/mol. The van der Waals surface area contributed by atoms with E-state index in [1.165, 1.54) is 0 Å². The van der Waals surface area contributed by atoms with Gasteiger partial charge in [0, 0.05) is 0 Å². The van der Waals surface area contributed by atoms with Crippen molar-refractivity contribution in [3.05, 3.63) is 29.3 Å². The quantitative estimate of drug-likeness (QED) is 0.813. The molecule has 2 unspecified atom stereocenters. The molecule has 0 aliphatic heterocycles. The smallest absolute Gasteiger partial charge is 0.138 e. The van der Waals surface area contributed by atoms with Crippen LogP contribution in [0.25, 0.3) is 0 Å². The largest absolute Gasteiger partial charge is 0.486 e. The van der Waals surface area contributed by atoms with Gasteiger partial charge in [-0.15, -0.1) is 0 Å². The topological polar surface area (TPSA) is 29.5 Å². The minimum atomic E-state index is -0.503. The van der Waals surface area contributed by atoms with Gasteiger partial charge in [-0.05, 0) is 26.0 Å². The summed E-state index contributed by atoms with van der Waals surface area (Å²) in [7, 11) is 0. The molecule has 0 bridgehead atoms. The molecule has 0 saturated carbocycles. The van der Waals surface area contributed by atoms with Crippen molar-refractivity contribution in [2.45, 2.75) is 26.1 Å². The van der Waals surface area contributed by atoms with Gasteiger partial charge in [-0.1, -0.05) is 23.7 Å². The fourth-order valence-electron chi connectivity index (χ4n) is 0.839. The molecule has 0 aliphatic carbocycles. The van der Waals surface area contributed by atoms with Crippen molar-refractivity contribution in [1.82, 2.24) is 0 Å². The first-order chi connectivity index (χ1) is 6.11. The second-order valence-electron chi connectivity index (χ2n) is 2.99. The second kappa shape index (κ2) is 4.49. The summed E-state index contributed by atoms with van der Waals surface area (Å²) in [5.41, 5.74) is 0. The molecule has 0 saturated heterocycles. The molecule has 0 spiro atoms. The van der Waals surface area contributed by atoms with Gasteiger partial charge >= 0.3 is 0 Å². The highest BCUT2D eigenvalue weighted by Gasteiger charge is 2.11. The summed E-state index contributed by atoms with van der Waals surface area (Å²) < 4.78 is 5.42. The number of aliphatic hydroxyl groups is 1. The average molecular weight is 201 g/mol. The zero-order chi connectivity index (χ0) is 9.84. The van der Waals surface area contributed by atoms with Gasteiger partial charge in [0.05, 0.1) is 11.1 Å². The molecule has 72 valence electrons. The molecule has 0 aliphatic rings. The lowest BCUT2D eigenvalue weighted by molar-refractivity contribution is 0.0605. The van der Waals surface area contributed by atoms with Gasteiger partial charge in [0.25, 0.3) is 0 Å². The van der Waals surface area contributed by atoms with E-state index in [0.717, 1.165) is 0 Å². The summed E-state index contributed by atoms with van der Waals surface area (Å²) >= 11 is 5.87. The third-order valence-electron chi connectivity index (χ3n) is 1.83. The number of hydrogen-bond acceptors (Lipinski definition) is 2. The lowest BCUT2D eigenvalue weighted by atomic mass is 10.2. The Morgan fingerprint density at radius 2 is 1.92 bits per heavy atom. The first kappa shape index (κ1) is 10.4. The van der Waals surface area contributed by atoms with E-state index in [0.29, 0.717) is 10.8 Å². The highest BCUT2D eigenvalue weighted by atomic mass is 35.5. The predicted octanol–water partition coefficient (Wildman–Crippen LogP) is 2.49. The van der Waals surface area contributed by atoms with E-state index >= 15 is 0 Å². The maximum atomic E-state index is 9.21. The van der Waals surface area contributed by atoms with Crippen LogP contribution in [0.2, 0.25) is 5.02 Å². The minimum Gasteiger partial charge on any atom is -0.486 e. The number of benzene rings is 1. The Morgan fingerprint density at radius 3 is 2.46 bits per heavy atom. The Bertz CT molecular complexity index is 273. The molecule has 1 N–H and O–H groups in total. The van der Waals surface area contributed by atoms with Crippen LogP contribution in [-0.2, 0) is 0 Å². The number of halogens is 1. The van der Waals surface area contributed by atoms with Gasteiger partial charge in [0.2, 0.25) is 0 Å². The molecular weight excluding hydrogens is 188 g/mol. The van der Waals surface area contributed by atoms with Crippen molar-refractivity contribution in [2.24, 2.45) is 0 Å². The van der Waals surface area contributed by atoms with Crippen LogP contribution in [0.15, 0.2) is 24.3 Å². The van der Waals surface area contributed by atoms with Gasteiger partial charge in [0.15, 0.2) is 0 Å². The average Bonchev–Trinajstić information content (AvgIpc) is 2.08. The first-order valence-corrected chi connectivity index (χ1v) is 4.58. The summed E-state index contributed by atoms with van der Waals surface area (Å²) in [5.74, 6) is 0.609. The highest BCUT2D eigenvalue weighted by molar-refractivity contribution is 6.32. The summed E-state index contributed by atoms with van der Waals surface area (Å²) in [5, 5.41) is 9.77. The molecule has 13 heavy (non-hydrogen) atoms. The number of aliphatic hydroxyl groups excluding tert-OH is 1. The van der Waals surface area contributed by atoms with Gasteiger partial charge in [-0.3, -0.25) is 0 Å². The zero-order valence-corrected chi connectivity index (χ0v) is 8.45. The maximum absolute atomic E-state index is 9.21. The fraction of sp³-hybridized carbons (Fsp3) is 0.400. The second-order valence-corrected chi connectivity index (χ2v) is 3.40. The van der Waals surface area contributed by atoms with Crippen LogP contribution in [0.1, 0.15) is 13.8 Å².